The zero-order valence-electron chi connectivity index (χ0n) is 18.6. The number of hydrogen-bond donors (Lipinski definition) is 0. The second-order valence-electron chi connectivity index (χ2n) is 8.57. The quantitative estimate of drug-likeness (QED) is 0.669. The van der Waals surface area contributed by atoms with E-state index in [1.807, 2.05) is 52.3 Å². The van der Waals surface area contributed by atoms with Crippen LogP contribution in [0.1, 0.15) is 38.5 Å². The van der Waals surface area contributed by atoms with Crippen LogP contribution in [0.2, 0.25) is 0 Å². The van der Waals surface area contributed by atoms with E-state index in [-0.39, 0.29) is 24.3 Å². The predicted octanol–water partition coefficient (Wildman–Crippen LogP) is 4.50. The summed E-state index contributed by atoms with van der Waals surface area (Å²) in [5, 5.41) is 0. The topological polar surface area (TPSA) is 59.1 Å². The van der Waals surface area contributed by atoms with Crippen LogP contribution in [0, 0.1) is 5.92 Å². The molecule has 0 bridgehead atoms. The fraction of sp³-hybridized carbons (Fsp3) is 0.462. The largest absolute Gasteiger partial charge is 0.484 e. The van der Waals surface area contributed by atoms with Gasteiger partial charge in [0, 0.05) is 32.1 Å². The molecule has 6 heteroatoms. The van der Waals surface area contributed by atoms with Crippen LogP contribution in [0.5, 0.6) is 17.2 Å². The number of carbonyl (C=O) groups is 2. The predicted molar refractivity (Wildman–Crippen MR) is 123 cm³/mol. The minimum Gasteiger partial charge on any atom is -0.484 e. The van der Waals surface area contributed by atoms with Crippen molar-refractivity contribution in [1.29, 1.82) is 0 Å². The minimum absolute atomic E-state index is 0.00360. The smallest absolute Gasteiger partial charge is 0.260 e. The van der Waals surface area contributed by atoms with Gasteiger partial charge in [-0.15, -0.1) is 0 Å². The SMILES string of the molecule is O=C(COc1ccc(Oc2ccccc2)cc1)N1CCC(C(=O)N2CCCCCC2)CC1. The number of nitrogens with zero attached hydrogens (tertiary/aromatic N) is 2. The van der Waals surface area contributed by atoms with Gasteiger partial charge in [0.05, 0.1) is 0 Å². The van der Waals surface area contributed by atoms with E-state index in [1.54, 1.807) is 12.1 Å². The number of piperidine rings is 1. The number of hydrogen-bond acceptors (Lipinski definition) is 4. The Kier molecular flexibility index (Phi) is 7.64. The van der Waals surface area contributed by atoms with Gasteiger partial charge in [-0.2, -0.15) is 0 Å². The average Bonchev–Trinajstić information content (AvgIpc) is 3.13. The highest BCUT2D eigenvalue weighted by atomic mass is 16.5. The van der Waals surface area contributed by atoms with Crippen LogP contribution in [0.3, 0.4) is 0 Å². The molecule has 2 aliphatic rings. The highest BCUT2D eigenvalue weighted by Gasteiger charge is 2.30. The first-order valence-corrected chi connectivity index (χ1v) is 11.7. The Bertz CT molecular complexity index is 868. The Morgan fingerprint density at radius 3 is 1.97 bits per heavy atom. The summed E-state index contributed by atoms with van der Waals surface area (Å²) >= 11 is 0. The van der Waals surface area contributed by atoms with Gasteiger partial charge >= 0.3 is 0 Å². The number of ether oxygens (including phenoxy) is 2. The maximum absolute atomic E-state index is 12.8. The Morgan fingerprint density at radius 1 is 0.719 bits per heavy atom. The van der Waals surface area contributed by atoms with Crippen LogP contribution in [0.4, 0.5) is 0 Å². The zero-order valence-corrected chi connectivity index (χ0v) is 18.6. The summed E-state index contributed by atoms with van der Waals surface area (Å²) in [4.78, 5) is 29.3. The van der Waals surface area contributed by atoms with E-state index in [4.69, 9.17) is 9.47 Å². The molecule has 2 amide bonds. The molecule has 4 rings (SSSR count). The third-order valence-corrected chi connectivity index (χ3v) is 6.28. The zero-order chi connectivity index (χ0) is 22.2. The van der Waals surface area contributed by atoms with Gasteiger partial charge in [-0.05, 0) is 62.1 Å². The minimum atomic E-state index is -0.0321. The van der Waals surface area contributed by atoms with Gasteiger partial charge in [0.2, 0.25) is 5.91 Å². The molecular formula is C26H32N2O4. The van der Waals surface area contributed by atoms with Gasteiger partial charge in [-0.3, -0.25) is 9.59 Å². The molecule has 2 aromatic carbocycles. The molecular weight excluding hydrogens is 404 g/mol. The summed E-state index contributed by atoms with van der Waals surface area (Å²) in [6.45, 7) is 3.03. The molecule has 0 saturated carbocycles. The lowest BCUT2D eigenvalue weighted by molar-refractivity contribution is -0.141. The second-order valence-corrected chi connectivity index (χ2v) is 8.57. The Morgan fingerprint density at radius 2 is 1.31 bits per heavy atom. The van der Waals surface area contributed by atoms with Crippen LogP contribution in [0.15, 0.2) is 54.6 Å². The van der Waals surface area contributed by atoms with Crippen molar-refractivity contribution in [2.75, 3.05) is 32.8 Å². The number of likely N-dealkylation sites (tertiary alicyclic amines) is 2. The Hall–Kier alpha value is -3.02. The van der Waals surface area contributed by atoms with Gasteiger partial charge in [-0.1, -0.05) is 31.0 Å². The molecule has 2 heterocycles. The lowest BCUT2D eigenvalue weighted by Crippen LogP contribution is -2.45. The molecule has 32 heavy (non-hydrogen) atoms. The van der Waals surface area contributed by atoms with E-state index >= 15 is 0 Å². The molecule has 0 N–H and O–H groups in total. The first-order valence-electron chi connectivity index (χ1n) is 11.7. The van der Waals surface area contributed by atoms with Crippen molar-refractivity contribution in [3.63, 3.8) is 0 Å². The summed E-state index contributed by atoms with van der Waals surface area (Å²) in [5.74, 6) is 2.42. The molecule has 2 aliphatic heterocycles. The van der Waals surface area contributed by atoms with Crippen LogP contribution < -0.4 is 9.47 Å². The van der Waals surface area contributed by atoms with Gasteiger partial charge in [0.15, 0.2) is 6.61 Å². The van der Waals surface area contributed by atoms with Crippen molar-refractivity contribution in [2.45, 2.75) is 38.5 Å². The molecule has 2 saturated heterocycles. The standard InChI is InChI=1S/C26H32N2O4/c29-25(20-31-22-10-12-24(13-11-22)32-23-8-4-3-5-9-23)27-18-14-21(15-19-27)26(30)28-16-6-1-2-7-17-28/h3-5,8-13,21H,1-2,6-7,14-20H2. The van der Waals surface area contributed by atoms with Crippen LogP contribution in [-0.4, -0.2) is 54.4 Å². The number of para-hydroxylation sites is 1. The number of benzene rings is 2. The van der Waals surface area contributed by atoms with Crippen molar-refractivity contribution in [3.05, 3.63) is 54.6 Å². The average molecular weight is 437 g/mol. The van der Waals surface area contributed by atoms with Crippen LogP contribution in [-0.2, 0) is 9.59 Å². The maximum atomic E-state index is 12.8. The van der Waals surface area contributed by atoms with Gasteiger partial charge in [0.1, 0.15) is 17.2 Å². The molecule has 0 radical (unpaired) electrons. The maximum Gasteiger partial charge on any atom is 0.260 e. The van der Waals surface area contributed by atoms with Crippen molar-refractivity contribution in [2.24, 2.45) is 5.92 Å². The lowest BCUT2D eigenvalue weighted by atomic mass is 9.95. The van der Waals surface area contributed by atoms with E-state index in [9.17, 15) is 9.59 Å². The Labute approximate surface area is 190 Å². The summed E-state index contributed by atoms with van der Waals surface area (Å²) in [5.41, 5.74) is 0. The van der Waals surface area contributed by atoms with Gasteiger partial charge in [0.25, 0.3) is 5.91 Å². The van der Waals surface area contributed by atoms with Crippen molar-refractivity contribution in [3.8, 4) is 17.2 Å². The molecule has 0 atom stereocenters. The molecule has 0 spiro atoms. The van der Waals surface area contributed by atoms with Crippen LogP contribution >= 0.6 is 0 Å². The van der Waals surface area contributed by atoms with Gasteiger partial charge in [-0.25, -0.2) is 0 Å². The first kappa shape index (κ1) is 22.2. The van der Waals surface area contributed by atoms with E-state index < -0.39 is 0 Å². The summed E-state index contributed by atoms with van der Waals surface area (Å²) < 4.78 is 11.5. The summed E-state index contributed by atoms with van der Waals surface area (Å²) in [6.07, 6.45) is 6.15. The third kappa shape index (κ3) is 6.02. The fourth-order valence-corrected chi connectivity index (χ4v) is 4.39. The molecule has 0 unspecified atom stereocenters. The monoisotopic (exact) mass is 436 g/mol. The van der Waals surface area contributed by atoms with E-state index in [2.05, 4.69) is 0 Å². The highest BCUT2D eigenvalue weighted by molar-refractivity contribution is 5.80. The van der Waals surface area contributed by atoms with E-state index in [0.717, 1.165) is 44.5 Å². The highest BCUT2D eigenvalue weighted by Crippen LogP contribution is 2.24. The fourth-order valence-electron chi connectivity index (χ4n) is 4.39. The Balaban J connectivity index is 1.20. The molecule has 2 fully saturated rings. The third-order valence-electron chi connectivity index (χ3n) is 6.28. The second kappa shape index (κ2) is 11.0. The lowest BCUT2D eigenvalue weighted by Gasteiger charge is -2.34. The molecule has 2 aromatic rings. The van der Waals surface area contributed by atoms with Crippen molar-refractivity contribution in [1.82, 2.24) is 9.80 Å². The molecule has 6 nitrogen and oxygen atoms in total. The molecule has 0 aromatic heterocycles. The summed E-state index contributed by atoms with van der Waals surface area (Å²) in [6, 6.07) is 16.8. The molecule has 0 aliphatic carbocycles. The number of amides is 2. The molecule has 170 valence electrons. The van der Waals surface area contributed by atoms with Crippen molar-refractivity contribution >= 4 is 11.8 Å². The van der Waals surface area contributed by atoms with Crippen LogP contribution in [0.25, 0.3) is 0 Å². The normalized spacial score (nSPS) is 17.5. The number of carbonyl (C=O) groups excluding carboxylic acids is 2. The first-order chi connectivity index (χ1) is 15.7. The van der Waals surface area contributed by atoms with E-state index in [0.29, 0.717) is 24.6 Å². The number of rotatable bonds is 6. The van der Waals surface area contributed by atoms with E-state index in [1.165, 1.54) is 12.8 Å². The van der Waals surface area contributed by atoms with Gasteiger partial charge < -0.3 is 19.3 Å². The van der Waals surface area contributed by atoms with Crippen molar-refractivity contribution < 1.29 is 19.1 Å². The summed E-state index contributed by atoms with van der Waals surface area (Å²) in [7, 11) is 0.